The van der Waals surface area contributed by atoms with Crippen LogP contribution in [0.2, 0.25) is 0 Å². The number of nitrogens with zero attached hydrogens (tertiary/aromatic N) is 5. The Bertz CT molecular complexity index is 1750. The van der Waals surface area contributed by atoms with Crippen LogP contribution in [0.1, 0.15) is 17.0 Å². The fraction of sp³-hybridized carbons (Fsp3) is 0.0333. The second-order valence-corrected chi connectivity index (χ2v) is 8.93. The maximum atomic E-state index is 13.5. The van der Waals surface area contributed by atoms with Crippen LogP contribution in [0.15, 0.2) is 109 Å². The molecule has 0 spiro atoms. The molecule has 0 saturated carbocycles. The molecule has 38 heavy (non-hydrogen) atoms. The topological polar surface area (TPSA) is 94.3 Å². The van der Waals surface area contributed by atoms with Crippen LogP contribution in [-0.2, 0) is 4.79 Å². The van der Waals surface area contributed by atoms with Gasteiger partial charge in [0.15, 0.2) is 11.5 Å². The fourth-order valence-electron chi connectivity index (χ4n) is 4.75. The highest BCUT2D eigenvalue weighted by Crippen LogP contribution is 2.44. The lowest BCUT2D eigenvalue weighted by molar-refractivity contribution is -0.116. The Morgan fingerprint density at radius 1 is 0.763 bits per heavy atom. The summed E-state index contributed by atoms with van der Waals surface area (Å²) < 4.78 is 7.74. The van der Waals surface area contributed by atoms with Gasteiger partial charge >= 0.3 is 0 Å². The van der Waals surface area contributed by atoms with Crippen LogP contribution in [0, 0.1) is 0 Å². The van der Waals surface area contributed by atoms with Crippen LogP contribution < -0.4 is 10.1 Å². The summed E-state index contributed by atoms with van der Waals surface area (Å²) in [7, 11) is 0. The van der Waals surface area contributed by atoms with Crippen LogP contribution >= 0.6 is 0 Å². The van der Waals surface area contributed by atoms with Crippen molar-refractivity contribution in [3.05, 3.63) is 121 Å². The highest BCUT2D eigenvalue weighted by Gasteiger charge is 2.32. The number of hydrogen-bond acceptors (Lipinski definition) is 6. The zero-order chi connectivity index (χ0) is 25.5. The van der Waals surface area contributed by atoms with Gasteiger partial charge in [0, 0.05) is 40.3 Å². The highest BCUT2D eigenvalue weighted by molar-refractivity contribution is 5.99. The van der Waals surface area contributed by atoms with Crippen molar-refractivity contribution in [2.75, 3.05) is 5.32 Å². The number of benzene rings is 3. The quantitative estimate of drug-likeness (QED) is 0.335. The second kappa shape index (κ2) is 8.94. The summed E-state index contributed by atoms with van der Waals surface area (Å²) in [5, 5.41) is 16.3. The fourth-order valence-corrected chi connectivity index (χ4v) is 4.75. The number of rotatable bonds is 4. The van der Waals surface area contributed by atoms with Crippen molar-refractivity contribution in [3.8, 4) is 34.1 Å². The van der Waals surface area contributed by atoms with E-state index in [1.807, 2.05) is 97.1 Å². The molecule has 1 aliphatic heterocycles. The standard InChI is InChI=1S/C30H20N6O2/c37-30(28-22-7-1-3-9-25(22)38-26-10-4-2-8-23(26)28)32-21-13-11-19(12-14-21)24-15-16-27-33-34-29(36(27)35-24)20-6-5-17-31-18-20/h1-18,28H,(H,32,37). The lowest BCUT2D eigenvalue weighted by Gasteiger charge is -2.27. The molecular formula is C30H20N6O2. The van der Waals surface area contributed by atoms with Crippen molar-refractivity contribution in [1.29, 1.82) is 0 Å². The Kier molecular flexibility index (Phi) is 5.14. The van der Waals surface area contributed by atoms with Crippen LogP contribution in [-0.4, -0.2) is 30.7 Å². The molecule has 3 aromatic carbocycles. The van der Waals surface area contributed by atoms with E-state index in [0.717, 1.165) is 27.9 Å². The minimum absolute atomic E-state index is 0.119. The number of para-hydroxylation sites is 2. The summed E-state index contributed by atoms with van der Waals surface area (Å²) in [6.45, 7) is 0. The third-order valence-electron chi connectivity index (χ3n) is 6.57. The summed E-state index contributed by atoms with van der Waals surface area (Å²) in [5.74, 6) is 1.42. The van der Waals surface area contributed by atoms with Gasteiger partial charge in [-0.25, -0.2) is 0 Å². The lowest BCUT2D eigenvalue weighted by Crippen LogP contribution is -2.25. The van der Waals surface area contributed by atoms with E-state index in [4.69, 9.17) is 9.84 Å². The molecule has 0 aliphatic carbocycles. The highest BCUT2D eigenvalue weighted by atomic mass is 16.5. The van der Waals surface area contributed by atoms with E-state index in [9.17, 15) is 4.79 Å². The summed E-state index contributed by atoms with van der Waals surface area (Å²) >= 11 is 0. The third-order valence-corrected chi connectivity index (χ3v) is 6.57. The molecule has 1 amide bonds. The van der Waals surface area contributed by atoms with E-state index in [2.05, 4.69) is 20.5 Å². The van der Waals surface area contributed by atoms with Crippen LogP contribution in [0.25, 0.3) is 28.3 Å². The van der Waals surface area contributed by atoms with Crippen molar-refractivity contribution >= 4 is 17.2 Å². The first kappa shape index (κ1) is 21.9. The van der Waals surface area contributed by atoms with E-state index in [-0.39, 0.29) is 5.91 Å². The van der Waals surface area contributed by atoms with Gasteiger partial charge in [0.2, 0.25) is 5.91 Å². The average molecular weight is 497 g/mol. The zero-order valence-corrected chi connectivity index (χ0v) is 20.0. The number of carbonyl (C=O) groups is 1. The van der Waals surface area contributed by atoms with E-state index >= 15 is 0 Å². The first-order valence-corrected chi connectivity index (χ1v) is 12.1. The number of anilines is 1. The van der Waals surface area contributed by atoms with Gasteiger partial charge in [0.1, 0.15) is 11.5 Å². The zero-order valence-electron chi connectivity index (χ0n) is 20.0. The molecule has 0 atom stereocenters. The van der Waals surface area contributed by atoms with Gasteiger partial charge < -0.3 is 10.1 Å². The molecule has 0 saturated heterocycles. The molecule has 4 heterocycles. The van der Waals surface area contributed by atoms with Gasteiger partial charge in [-0.2, -0.15) is 9.61 Å². The normalized spacial score (nSPS) is 12.4. The molecule has 0 bridgehead atoms. The molecule has 0 radical (unpaired) electrons. The van der Waals surface area contributed by atoms with Crippen LogP contribution in [0.4, 0.5) is 5.69 Å². The van der Waals surface area contributed by atoms with Crippen LogP contribution in [0.3, 0.4) is 0 Å². The molecule has 8 heteroatoms. The summed E-state index contributed by atoms with van der Waals surface area (Å²) in [6.07, 6.45) is 3.45. The summed E-state index contributed by atoms with van der Waals surface area (Å²) in [5.41, 5.74) is 5.52. The number of carbonyl (C=O) groups excluding carboxylic acids is 1. The monoisotopic (exact) mass is 496 g/mol. The molecule has 182 valence electrons. The summed E-state index contributed by atoms with van der Waals surface area (Å²) in [6, 6.07) is 30.5. The maximum Gasteiger partial charge on any atom is 0.236 e. The largest absolute Gasteiger partial charge is 0.457 e. The number of pyridine rings is 1. The van der Waals surface area contributed by atoms with Gasteiger partial charge in [0.05, 0.1) is 11.6 Å². The molecule has 7 rings (SSSR count). The number of nitrogens with one attached hydrogen (secondary N) is 1. The Balaban J connectivity index is 1.17. The Hall–Kier alpha value is -5.37. The van der Waals surface area contributed by atoms with Crippen molar-refractivity contribution < 1.29 is 9.53 Å². The minimum Gasteiger partial charge on any atom is -0.457 e. The predicted molar refractivity (Wildman–Crippen MR) is 143 cm³/mol. The smallest absolute Gasteiger partial charge is 0.236 e. The first-order chi connectivity index (χ1) is 18.7. The number of hydrogen-bond donors (Lipinski definition) is 1. The molecule has 6 aromatic rings. The number of amides is 1. The predicted octanol–water partition coefficient (Wildman–Crippen LogP) is 5.73. The molecule has 8 nitrogen and oxygen atoms in total. The molecular weight excluding hydrogens is 476 g/mol. The van der Waals surface area contributed by atoms with Gasteiger partial charge in [-0.05, 0) is 48.5 Å². The molecule has 1 aliphatic rings. The molecule has 0 unspecified atom stereocenters. The van der Waals surface area contributed by atoms with Gasteiger partial charge in [-0.1, -0.05) is 48.5 Å². The maximum absolute atomic E-state index is 13.5. The van der Waals surface area contributed by atoms with Crippen molar-refractivity contribution in [3.63, 3.8) is 0 Å². The average Bonchev–Trinajstić information content (AvgIpc) is 3.40. The Morgan fingerprint density at radius 2 is 1.50 bits per heavy atom. The summed E-state index contributed by atoms with van der Waals surface area (Å²) in [4.78, 5) is 17.7. The lowest BCUT2D eigenvalue weighted by atomic mass is 9.87. The Labute approximate surface area is 217 Å². The second-order valence-electron chi connectivity index (χ2n) is 8.93. The third kappa shape index (κ3) is 3.75. The SMILES string of the molecule is O=C(Nc1ccc(-c2ccc3nnc(-c4cccnc4)n3n2)cc1)C1c2ccccc2Oc2ccccc21. The van der Waals surface area contributed by atoms with Gasteiger partial charge in [0.25, 0.3) is 0 Å². The van der Waals surface area contributed by atoms with Crippen molar-refractivity contribution in [2.45, 2.75) is 5.92 Å². The van der Waals surface area contributed by atoms with Crippen molar-refractivity contribution in [1.82, 2.24) is 24.8 Å². The van der Waals surface area contributed by atoms with Gasteiger partial charge in [-0.3, -0.25) is 9.78 Å². The number of fused-ring (bicyclic) bond motifs is 3. The molecule has 0 fully saturated rings. The van der Waals surface area contributed by atoms with E-state index in [0.29, 0.717) is 28.7 Å². The molecule has 3 aromatic heterocycles. The number of ether oxygens (including phenoxy) is 1. The van der Waals surface area contributed by atoms with Crippen molar-refractivity contribution in [2.24, 2.45) is 0 Å². The van der Waals surface area contributed by atoms with E-state index in [1.54, 1.807) is 16.9 Å². The van der Waals surface area contributed by atoms with E-state index in [1.165, 1.54) is 0 Å². The minimum atomic E-state index is -0.473. The number of aromatic nitrogens is 5. The molecule has 1 N–H and O–H groups in total. The Morgan fingerprint density at radius 3 is 2.21 bits per heavy atom. The van der Waals surface area contributed by atoms with Gasteiger partial charge in [-0.15, -0.1) is 10.2 Å². The first-order valence-electron chi connectivity index (χ1n) is 12.1. The van der Waals surface area contributed by atoms with E-state index < -0.39 is 5.92 Å². The van der Waals surface area contributed by atoms with Crippen LogP contribution in [0.5, 0.6) is 11.5 Å².